The first-order chi connectivity index (χ1) is 13.6. The van der Waals surface area contributed by atoms with E-state index in [1.54, 1.807) is 0 Å². The SMILES string of the molecule is Cc1cccc([C@@H]2C[C@H](c3ccc(Cl)c(Cl)c3)Nc3nc4ccccc4n32)c1. The van der Waals surface area contributed by atoms with E-state index < -0.39 is 0 Å². The molecule has 0 radical (unpaired) electrons. The Morgan fingerprint density at radius 1 is 0.929 bits per heavy atom. The van der Waals surface area contributed by atoms with Gasteiger partial charge in [0.1, 0.15) is 0 Å². The number of hydrogen-bond donors (Lipinski definition) is 1. The molecule has 3 nitrogen and oxygen atoms in total. The predicted octanol–water partition coefficient (Wildman–Crippen LogP) is 6.80. The van der Waals surface area contributed by atoms with Crippen LogP contribution in [0.1, 0.15) is 35.2 Å². The van der Waals surface area contributed by atoms with Gasteiger partial charge in [0.25, 0.3) is 0 Å². The normalized spacial score (nSPS) is 18.7. The molecule has 5 heteroatoms. The maximum absolute atomic E-state index is 6.29. The number of halogens is 2. The predicted molar refractivity (Wildman–Crippen MR) is 116 cm³/mol. The Balaban J connectivity index is 1.67. The fourth-order valence-electron chi connectivity index (χ4n) is 4.12. The molecule has 1 aliphatic rings. The average molecular weight is 408 g/mol. The highest BCUT2D eigenvalue weighted by molar-refractivity contribution is 6.42. The molecule has 28 heavy (non-hydrogen) atoms. The van der Waals surface area contributed by atoms with Crippen molar-refractivity contribution in [2.24, 2.45) is 0 Å². The number of fused-ring (bicyclic) bond motifs is 3. The number of nitrogens with one attached hydrogen (secondary N) is 1. The van der Waals surface area contributed by atoms with Gasteiger partial charge in [-0.2, -0.15) is 0 Å². The second kappa shape index (κ2) is 6.84. The summed E-state index contributed by atoms with van der Waals surface area (Å²) in [7, 11) is 0. The maximum Gasteiger partial charge on any atom is 0.204 e. The molecular weight excluding hydrogens is 389 g/mol. The molecule has 3 aromatic carbocycles. The monoisotopic (exact) mass is 407 g/mol. The zero-order valence-electron chi connectivity index (χ0n) is 15.4. The number of para-hydroxylation sites is 2. The third kappa shape index (κ3) is 2.95. The third-order valence-corrected chi connectivity index (χ3v) is 6.18. The van der Waals surface area contributed by atoms with Gasteiger partial charge >= 0.3 is 0 Å². The number of anilines is 1. The number of imidazole rings is 1. The molecular formula is C23H19Cl2N3. The van der Waals surface area contributed by atoms with Crippen LogP contribution in [0.3, 0.4) is 0 Å². The molecule has 0 aliphatic carbocycles. The summed E-state index contributed by atoms with van der Waals surface area (Å²) in [5, 5.41) is 4.76. The largest absolute Gasteiger partial charge is 0.349 e. The zero-order chi connectivity index (χ0) is 19.3. The van der Waals surface area contributed by atoms with Crippen LogP contribution in [0.5, 0.6) is 0 Å². The Morgan fingerprint density at radius 2 is 1.79 bits per heavy atom. The molecule has 2 atom stereocenters. The van der Waals surface area contributed by atoms with Crippen LogP contribution in [-0.4, -0.2) is 9.55 Å². The Kier molecular flexibility index (Phi) is 4.30. The van der Waals surface area contributed by atoms with Crippen molar-refractivity contribution >= 4 is 40.2 Å². The van der Waals surface area contributed by atoms with Gasteiger partial charge in [-0.25, -0.2) is 4.98 Å². The van der Waals surface area contributed by atoms with Crippen molar-refractivity contribution in [1.82, 2.24) is 9.55 Å². The van der Waals surface area contributed by atoms with E-state index in [2.05, 4.69) is 59.3 Å². The summed E-state index contributed by atoms with van der Waals surface area (Å²) in [6.07, 6.45) is 0.898. The molecule has 0 amide bonds. The fraction of sp³-hybridized carbons (Fsp3) is 0.174. The van der Waals surface area contributed by atoms with Gasteiger partial charge in [0.2, 0.25) is 5.95 Å². The van der Waals surface area contributed by atoms with Crippen molar-refractivity contribution in [3.05, 3.63) is 93.5 Å². The minimum absolute atomic E-state index is 0.101. The standard InChI is InChI=1S/C23H19Cl2N3/c1-14-5-4-6-16(11-14)22-13-20(15-9-10-17(24)18(25)12-15)27-23-26-19-7-2-3-8-21(19)28(22)23/h2-12,20,22H,13H2,1H3,(H,26,27)/t20-,22+/m1/s1. The molecule has 140 valence electrons. The summed E-state index contributed by atoms with van der Waals surface area (Å²) in [4.78, 5) is 4.86. The number of nitrogens with zero attached hydrogens (tertiary/aromatic N) is 2. The molecule has 0 unspecified atom stereocenters. The van der Waals surface area contributed by atoms with Gasteiger partial charge in [0, 0.05) is 0 Å². The highest BCUT2D eigenvalue weighted by Crippen LogP contribution is 2.42. The van der Waals surface area contributed by atoms with Crippen LogP contribution in [0.25, 0.3) is 11.0 Å². The number of benzene rings is 3. The average Bonchev–Trinajstić information content (AvgIpc) is 3.08. The van der Waals surface area contributed by atoms with E-state index in [0.29, 0.717) is 10.0 Å². The number of aryl methyl sites for hydroxylation is 1. The molecule has 1 N–H and O–H groups in total. The van der Waals surface area contributed by atoms with E-state index in [0.717, 1.165) is 29.0 Å². The molecule has 4 aromatic rings. The van der Waals surface area contributed by atoms with Crippen molar-refractivity contribution in [3.63, 3.8) is 0 Å². The van der Waals surface area contributed by atoms with Crippen LogP contribution in [0.2, 0.25) is 10.0 Å². The van der Waals surface area contributed by atoms with Gasteiger partial charge in [0.15, 0.2) is 0 Å². The summed E-state index contributed by atoms with van der Waals surface area (Å²) in [6, 6.07) is 23.1. The third-order valence-electron chi connectivity index (χ3n) is 5.44. The summed E-state index contributed by atoms with van der Waals surface area (Å²) < 4.78 is 2.32. The molecule has 0 spiro atoms. The molecule has 1 aromatic heterocycles. The van der Waals surface area contributed by atoms with E-state index in [4.69, 9.17) is 28.2 Å². The van der Waals surface area contributed by atoms with Crippen LogP contribution >= 0.6 is 23.2 Å². The van der Waals surface area contributed by atoms with Gasteiger partial charge in [-0.1, -0.05) is 71.2 Å². The van der Waals surface area contributed by atoms with E-state index in [9.17, 15) is 0 Å². The smallest absolute Gasteiger partial charge is 0.204 e. The molecule has 0 saturated heterocycles. The first-order valence-corrected chi connectivity index (χ1v) is 10.1. The second-order valence-electron chi connectivity index (χ2n) is 7.33. The van der Waals surface area contributed by atoms with Crippen LogP contribution in [0, 0.1) is 6.92 Å². The van der Waals surface area contributed by atoms with E-state index in [1.165, 1.54) is 11.1 Å². The quantitative estimate of drug-likeness (QED) is 0.395. The summed E-state index contributed by atoms with van der Waals surface area (Å²) in [5.74, 6) is 0.884. The van der Waals surface area contributed by atoms with E-state index >= 15 is 0 Å². The molecule has 0 saturated carbocycles. The first kappa shape index (κ1) is 17.6. The highest BCUT2D eigenvalue weighted by Gasteiger charge is 2.31. The Labute approximate surface area is 173 Å². The molecule has 2 heterocycles. The molecule has 0 bridgehead atoms. The minimum atomic E-state index is 0.101. The van der Waals surface area contributed by atoms with Crippen molar-refractivity contribution < 1.29 is 0 Å². The van der Waals surface area contributed by atoms with Crippen LogP contribution < -0.4 is 5.32 Å². The molecule has 5 rings (SSSR count). The lowest BCUT2D eigenvalue weighted by atomic mass is 9.92. The second-order valence-corrected chi connectivity index (χ2v) is 8.14. The van der Waals surface area contributed by atoms with Gasteiger partial charge in [-0.3, -0.25) is 0 Å². The highest BCUT2D eigenvalue weighted by atomic mass is 35.5. The summed E-state index contributed by atoms with van der Waals surface area (Å²) in [6.45, 7) is 2.13. The van der Waals surface area contributed by atoms with Crippen LogP contribution in [0.4, 0.5) is 5.95 Å². The lowest BCUT2D eigenvalue weighted by Crippen LogP contribution is -2.27. The number of rotatable bonds is 2. The van der Waals surface area contributed by atoms with Gasteiger partial charge in [-0.05, 0) is 48.7 Å². The van der Waals surface area contributed by atoms with Gasteiger partial charge in [-0.15, -0.1) is 0 Å². The Hall–Kier alpha value is -2.49. The Bertz CT molecular complexity index is 1180. The Morgan fingerprint density at radius 3 is 2.61 bits per heavy atom. The van der Waals surface area contributed by atoms with Gasteiger partial charge < -0.3 is 9.88 Å². The summed E-state index contributed by atoms with van der Waals surface area (Å²) >= 11 is 12.4. The number of hydrogen-bond acceptors (Lipinski definition) is 2. The lowest BCUT2D eigenvalue weighted by Gasteiger charge is -2.34. The maximum atomic E-state index is 6.29. The van der Waals surface area contributed by atoms with Crippen molar-refractivity contribution in [2.75, 3.05) is 5.32 Å². The van der Waals surface area contributed by atoms with Gasteiger partial charge in [0.05, 0.1) is 33.2 Å². The van der Waals surface area contributed by atoms with Crippen molar-refractivity contribution in [3.8, 4) is 0 Å². The molecule has 1 aliphatic heterocycles. The first-order valence-electron chi connectivity index (χ1n) is 9.35. The fourth-order valence-corrected chi connectivity index (χ4v) is 4.42. The molecule has 0 fully saturated rings. The summed E-state index contributed by atoms with van der Waals surface area (Å²) in [5.41, 5.74) is 5.80. The van der Waals surface area contributed by atoms with Crippen LogP contribution in [0.15, 0.2) is 66.7 Å². The zero-order valence-corrected chi connectivity index (χ0v) is 16.9. The van der Waals surface area contributed by atoms with E-state index in [-0.39, 0.29) is 12.1 Å². The minimum Gasteiger partial charge on any atom is -0.349 e. The van der Waals surface area contributed by atoms with Crippen molar-refractivity contribution in [1.29, 1.82) is 0 Å². The van der Waals surface area contributed by atoms with Crippen molar-refractivity contribution in [2.45, 2.75) is 25.4 Å². The number of aromatic nitrogens is 2. The topological polar surface area (TPSA) is 29.9 Å². The van der Waals surface area contributed by atoms with Crippen LogP contribution in [-0.2, 0) is 0 Å². The lowest BCUT2D eigenvalue weighted by molar-refractivity contribution is 0.477. The van der Waals surface area contributed by atoms with E-state index in [1.807, 2.05) is 24.3 Å².